The molecular formula is C16H35N2+. The van der Waals surface area contributed by atoms with Crippen LogP contribution in [0.2, 0.25) is 0 Å². The van der Waals surface area contributed by atoms with Crippen LogP contribution in [0.15, 0.2) is 0 Å². The number of hydrogen-bond donors (Lipinski definition) is 0. The smallest absolute Gasteiger partial charge is 0.111 e. The molecule has 2 unspecified atom stereocenters. The minimum absolute atomic E-state index is 0.321. The Morgan fingerprint density at radius 3 is 1.61 bits per heavy atom. The molecule has 2 atom stereocenters. The van der Waals surface area contributed by atoms with Gasteiger partial charge in [0.1, 0.15) is 6.04 Å². The molecule has 1 heterocycles. The first-order chi connectivity index (χ1) is 8.36. The van der Waals surface area contributed by atoms with Crippen LogP contribution < -0.4 is 0 Å². The second kappa shape index (κ2) is 5.13. The van der Waals surface area contributed by atoms with E-state index in [1.807, 2.05) is 0 Å². The van der Waals surface area contributed by atoms with E-state index in [0.717, 1.165) is 10.6 Å². The van der Waals surface area contributed by atoms with Gasteiger partial charge in [0.2, 0.25) is 0 Å². The summed E-state index contributed by atoms with van der Waals surface area (Å²) in [6, 6.07) is 0.720. The van der Waals surface area contributed by atoms with Gasteiger partial charge in [0.05, 0.1) is 18.6 Å². The van der Waals surface area contributed by atoms with Crippen molar-refractivity contribution in [2.24, 2.45) is 5.41 Å². The Bertz CT molecular complexity index is 279. The summed E-state index contributed by atoms with van der Waals surface area (Å²) in [6.07, 6.45) is 3.83. The van der Waals surface area contributed by atoms with E-state index in [9.17, 15) is 0 Å². The van der Waals surface area contributed by atoms with Crippen molar-refractivity contribution < 1.29 is 4.59 Å². The second-order valence-electron chi connectivity index (χ2n) is 6.31. The van der Waals surface area contributed by atoms with Crippen LogP contribution in [-0.4, -0.2) is 41.3 Å². The summed E-state index contributed by atoms with van der Waals surface area (Å²) in [6.45, 7) is 19.3. The van der Waals surface area contributed by atoms with Gasteiger partial charge in [-0.05, 0) is 47.0 Å². The molecule has 0 aromatic heterocycles. The highest BCUT2D eigenvalue weighted by molar-refractivity contribution is 5.06. The van der Waals surface area contributed by atoms with Crippen molar-refractivity contribution in [3.8, 4) is 0 Å². The van der Waals surface area contributed by atoms with Crippen LogP contribution in [-0.2, 0) is 0 Å². The van der Waals surface area contributed by atoms with E-state index in [1.165, 1.54) is 32.4 Å². The van der Waals surface area contributed by atoms with E-state index in [2.05, 4.69) is 60.5 Å². The molecule has 18 heavy (non-hydrogen) atoms. The van der Waals surface area contributed by atoms with Crippen LogP contribution >= 0.6 is 0 Å². The van der Waals surface area contributed by atoms with Crippen LogP contribution in [0, 0.1) is 5.41 Å². The lowest BCUT2D eigenvalue weighted by Gasteiger charge is -2.44. The monoisotopic (exact) mass is 255 g/mol. The Morgan fingerprint density at radius 1 is 0.944 bits per heavy atom. The average molecular weight is 255 g/mol. The summed E-state index contributed by atoms with van der Waals surface area (Å²) in [5, 5.41) is 2.70. The third kappa shape index (κ3) is 1.54. The highest BCUT2D eigenvalue weighted by atomic mass is 15.8. The van der Waals surface area contributed by atoms with E-state index >= 15 is 0 Å². The van der Waals surface area contributed by atoms with Gasteiger partial charge in [0, 0.05) is 12.5 Å². The number of quaternary nitrogens is 1. The molecule has 0 spiro atoms. The molecule has 2 heteroatoms. The largest absolute Gasteiger partial charge is 0.241 e. The van der Waals surface area contributed by atoms with Gasteiger partial charge < -0.3 is 0 Å². The van der Waals surface area contributed by atoms with Crippen LogP contribution in [0.4, 0.5) is 0 Å². The third-order valence-corrected chi connectivity index (χ3v) is 6.95. The number of hydrogen-bond acceptors (Lipinski definition) is 1. The van der Waals surface area contributed by atoms with Crippen molar-refractivity contribution in [2.75, 3.05) is 20.1 Å². The van der Waals surface area contributed by atoms with Gasteiger partial charge in [-0.3, -0.25) is 0 Å². The van der Waals surface area contributed by atoms with Crippen LogP contribution in [0.1, 0.15) is 67.7 Å². The fraction of sp³-hybridized carbons (Fsp3) is 1.00. The minimum Gasteiger partial charge on any atom is -0.241 e. The minimum atomic E-state index is 0.321. The molecule has 0 saturated carbocycles. The molecule has 0 N–H and O–H groups in total. The van der Waals surface area contributed by atoms with Crippen molar-refractivity contribution in [1.82, 2.24) is 5.01 Å². The van der Waals surface area contributed by atoms with Gasteiger partial charge in [-0.1, -0.05) is 20.8 Å². The van der Waals surface area contributed by atoms with E-state index in [1.54, 1.807) is 0 Å². The van der Waals surface area contributed by atoms with E-state index in [4.69, 9.17) is 0 Å². The summed E-state index contributed by atoms with van der Waals surface area (Å²) in [4.78, 5) is 0. The maximum absolute atomic E-state index is 2.70. The zero-order valence-electron chi connectivity index (χ0n) is 14.0. The van der Waals surface area contributed by atoms with Crippen LogP contribution in [0.25, 0.3) is 0 Å². The highest BCUT2D eigenvalue weighted by Crippen LogP contribution is 2.57. The quantitative estimate of drug-likeness (QED) is 0.669. The molecule has 0 aliphatic carbocycles. The Kier molecular flexibility index (Phi) is 4.55. The second-order valence-corrected chi connectivity index (χ2v) is 6.31. The lowest BCUT2D eigenvalue weighted by Crippen LogP contribution is -2.61. The third-order valence-electron chi connectivity index (χ3n) is 6.95. The van der Waals surface area contributed by atoms with Crippen molar-refractivity contribution in [3.63, 3.8) is 0 Å². The average Bonchev–Trinajstić information content (AvgIpc) is 2.55. The lowest BCUT2D eigenvalue weighted by atomic mass is 9.63. The normalized spacial score (nSPS) is 35.0. The van der Waals surface area contributed by atoms with Crippen molar-refractivity contribution in [3.05, 3.63) is 0 Å². The number of nitrogens with zero attached hydrogens (tertiary/aromatic N) is 2. The first kappa shape index (κ1) is 16.0. The summed E-state index contributed by atoms with van der Waals surface area (Å²) in [7, 11) is 2.36. The Labute approximate surface area is 115 Å². The van der Waals surface area contributed by atoms with Crippen molar-refractivity contribution >= 4 is 0 Å². The maximum Gasteiger partial charge on any atom is 0.111 e. The summed E-state index contributed by atoms with van der Waals surface area (Å²) in [5.74, 6) is 0. The summed E-state index contributed by atoms with van der Waals surface area (Å²) < 4.78 is 1.16. The zero-order chi connectivity index (χ0) is 14.2. The summed E-state index contributed by atoms with van der Waals surface area (Å²) in [5.41, 5.74) is 0.768. The molecule has 0 radical (unpaired) electrons. The molecule has 1 rings (SSSR count). The molecule has 0 aromatic rings. The Morgan fingerprint density at radius 2 is 1.39 bits per heavy atom. The summed E-state index contributed by atoms with van der Waals surface area (Å²) >= 11 is 0. The maximum atomic E-state index is 2.70. The Hall–Kier alpha value is -0.0800. The van der Waals surface area contributed by atoms with Gasteiger partial charge in [0.15, 0.2) is 0 Å². The molecule has 1 aliphatic rings. The predicted octanol–water partition coefficient (Wildman–Crippen LogP) is 4.07. The lowest BCUT2D eigenvalue weighted by molar-refractivity contribution is -1.04. The van der Waals surface area contributed by atoms with Crippen LogP contribution in [0.3, 0.4) is 0 Å². The molecule has 1 saturated heterocycles. The van der Waals surface area contributed by atoms with Gasteiger partial charge >= 0.3 is 0 Å². The fourth-order valence-electron chi connectivity index (χ4n) is 5.31. The highest BCUT2D eigenvalue weighted by Gasteiger charge is 2.67. The van der Waals surface area contributed by atoms with Gasteiger partial charge in [-0.25, -0.2) is 4.59 Å². The van der Waals surface area contributed by atoms with Gasteiger partial charge in [-0.15, -0.1) is 0 Å². The molecule has 1 aliphatic heterocycles. The van der Waals surface area contributed by atoms with Crippen LogP contribution in [0.5, 0.6) is 0 Å². The first-order valence-corrected chi connectivity index (χ1v) is 7.97. The Balaban J connectivity index is 3.44. The van der Waals surface area contributed by atoms with E-state index in [0.29, 0.717) is 11.0 Å². The molecular weight excluding hydrogens is 220 g/mol. The fourth-order valence-corrected chi connectivity index (χ4v) is 5.31. The van der Waals surface area contributed by atoms with E-state index in [-0.39, 0.29) is 0 Å². The number of rotatable bonds is 5. The van der Waals surface area contributed by atoms with E-state index < -0.39 is 0 Å². The first-order valence-electron chi connectivity index (χ1n) is 7.97. The van der Waals surface area contributed by atoms with Crippen molar-refractivity contribution in [1.29, 1.82) is 0 Å². The molecule has 2 nitrogen and oxygen atoms in total. The topological polar surface area (TPSA) is 3.24 Å². The molecule has 1 fully saturated rings. The SMILES string of the molecule is CCC1(CC)C(C)[N+](CC)(CC)N(C)C1(C)CC. The molecule has 0 amide bonds. The van der Waals surface area contributed by atoms with Gasteiger partial charge in [0.25, 0.3) is 0 Å². The molecule has 108 valence electrons. The molecule has 0 bridgehead atoms. The predicted molar refractivity (Wildman–Crippen MR) is 80.3 cm³/mol. The molecule has 0 aromatic carbocycles. The van der Waals surface area contributed by atoms with Gasteiger partial charge in [-0.2, -0.15) is 5.01 Å². The van der Waals surface area contributed by atoms with Crippen molar-refractivity contribution in [2.45, 2.75) is 79.3 Å². The standard InChI is InChI=1S/C16H35N2/c1-9-15(7)16(10-2,11-3)14(6)18(12-4,13-5)17(15)8/h14H,9-13H2,1-8H3/q+1. The zero-order valence-corrected chi connectivity index (χ0v) is 14.0.